The van der Waals surface area contributed by atoms with Crippen LogP contribution in [0.5, 0.6) is 0 Å². The zero-order valence-corrected chi connectivity index (χ0v) is 12.1. The summed E-state index contributed by atoms with van der Waals surface area (Å²) >= 11 is 1.64. The summed E-state index contributed by atoms with van der Waals surface area (Å²) in [5, 5.41) is 12.3. The Morgan fingerprint density at radius 3 is 2.68 bits per heavy atom. The van der Waals surface area contributed by atoms with Crippen LogP contribution in [0.2, 0.25) is 0 Å². The molecule has 0 radical (unpaired) electrons. The van der Waals surface area contributed by atoms with Crippen LogP contribution >= 0.6 is 11.8 Å². The molecular formula is C13H22N2O3S. The van der Waals surface area contributed by atoms with Crippen LogP contribution in [0.4, 0.5) is 0 Å². The number of rotatable bonds is 4. The average Bonchev–Trinajstić information content (AvgIpc) is 2.90. The highest BCUT2D eigenvalue weighted by Gasteiger charge is 2.35. The first-order valence-electron chi connectivity index (χ1n) is 6.96. The molecule has 0 aromatic carbocycles. The van der Waals surface area contributed by atoms with E-state index in [1.165, 1.54) is 12.8 Å². The van der Waals surface area contributed by atoms with E-state index in [2.05, 4.69) is 5.32 Å². The van der Waals surface area contributed by atoms with Gasteiger partial charge in [0, 0.05) is 24.1 Å². The van der Waals surface area contributed by atoms with Gasteiger partial charge < -0.3 is 10.4 Å². The maximum Gasteiger partial charge on any atom is 0.321 e. The van der Waals surface area contributed by atoms with Crippen molar-refractivity contribution in [1.29, 1.82) is 0 Å². The molecule has 2 unspecified atom stereocenters. The lowest BCUT2D eigenvalue weighted by molar-refractivity contribution is -0.144. The molecule has 1 heterocycles. The second kappa shape index (κ2) is 6.61. The van der Waals surface area contributed by atoms with Crippen molar-refractivity contribution in [2.45, 2.75) is 50.7 Å². The highest BCUT2D eigenvalue weighted by Crippen LogP contribution is 2.21. The van der Waals surface area contributed by atoms with Crippen LogP contribution < -0.4 is 5.32 Å². The Morgan fingerprint density at radius 2 is 2.05 bits per heavy atom. The van der Waals surface area contributed by atoms with Crippen LogP contribution in [0.3, 0.4) is 0 Å². The minimum absolute atomic E-state index is 0.0231. The summed E-state index contributed by atoms with van der Waals surface area (Å²) in [6, 6.07) is -0.608. The topological polar surface area (TPSA) is 69.6 Å². The van der Waals surface area contributed by atoms with Gasteiger partial charge in [0.15, 0.2) is 0 Å². The highest BCUT2D eigenvalue weighted by atomic mass is 32.2. The molecule has 1 saturated heterocycles. The number of carbonyl (C=O) groups excluding carboxylic acids is 1. The van der Waals surface area contributed by atoms with Crippen molar-refractivity contribution in [2.75, 3.05) is 18.1 Å². The number of thioether (sulfide) groups is 1. The number of hydrogen-bond donors (Lipinski definition) is 2. The molecule has 2 atom stereocenters. The van der Waals surface area contributed by atoms with E-state index < -0.39 is 12.0 Å². The molecule has 2 fully saturated rings. The molecule has 108 valence electrons. The van der Waals surface area contributed by atoms with Crippen molar-refractivity contribution in [3.8, 4) is 0 Å². The van der Waals surface area contributed by atoms with Crippen LogP contribution in [-0.2, 0) is 9.59 Å². The third kappa shape index (κ3) is 3.63. The Hall–Kier alpha value is -0.750. The molecule has 1 saturated carbocycles. The van der Waals surface area contributed by atoms with Crippen molar-refractivity contribution in [3.05, 3.63) is 0 Å². The van der Waals surface area contributed by atoms with Gasteiger partial charge in [-0.2, -0.15) is 11.8 Å². The zero-order valence-electron chi connectivity index (χ0n) is 11.3. The largest absolute Gasteiger partial charge is 0.480 e. The van der Waals surface area contributed by atoms with E-state index in [9.17, 15) is 14.7 Å². The molecule has 5 nitrogen and oxygen atoms in total. The lowest BCUT2D eigenvalue weighted by Crippen LogP contribution is -2.56. The Bertz CT molecular complexity index is 345. The number of nitrogens with zero attached hydrogens (tertiary/aromatic N) is 1. The Labute approximate surface area is 118 Å². The molecule has 2 rings (SSSR count). The second-order valence-electron chi connectivity index (χ2n) is 5.33. The first-order chi connectivity index (χ1) is 9.09. The number of carboxylic acid groups (broad SMARTS) is 1. The van der Waals surface area contributed by atoms with Gasteiger partial charge in [0.05, 0.1) is 6.04 Å². The third-order valence-corrected chi connectivity index (χ3v) is 5.06. The van der Waals surface area contributed by atoms with Crippen molar-refractivity contribution in [3.63, 3.8) is 0 Å². The molecule has 6 heteroatoms. The first-order valence-corrected chi connectivity index (χ1v) is 8.11. The fourth-order valence-corrected chi connectivity index (χ4v) is 3.90. The number of nitrogens with one attached hydrogen (secondary N) is 1. The highest BCUT2D eigenvalue weighted by molar-refractivity contribution is 7.99. The van der Waals surface area contributed by atoms with E-state index >= 15 is 0 Å². The van der Waals surface area contributed by atoms with Crippen LogP contribution in [0.1, 0.15) is 32.6 Å². The molecule has 0 aromatic rings. The summed E-state index contributed by atoms with van der Waals surface area (Å²) in [5.41, 5.74) is 0. The lowest BCUT2D eigenvalue weighted by atomic mass is 10.1. The average molecular weight is 286 g/mol. The van der Waals surface area contributed by atoms with Crippen LogP contribution in [0.25, 0.3) is 0 Å². The van der Waals surface area contributed by atoms with Gasteiger partial charge in [-0.3, -0.25) is 14.5 Å². The summed E-state index contributed by atoms with van der Waals surface area (Å²) in [7, 11) is 0. The van der Waals surface area contributed by atoms with Crippen molar-refractivity contribution < 1.29 is 14.7 Å². The monoisotopic (exact) mass is 286 g/mol. The molecule has 0 aromatic heterocycles. The predicted molar refractivity (Wildman–Crippen MR) is 75.3 cm³/mol. The van der Waals surface area contributed by atoms with Crippen molar-refractivity contribution in [2.24, 2.45) is 0 Å². The summed E-state index contributed by atoms with van der Waals surface area (Å²) in [4.78, 5) is 25.3. The van der Waals surface area contributed by atoms with Gasteiger partial charge >= 0.3 is 5.97 Å². The predicted octanol–water partition coefficient (Wildman–Crippen LogP) is 0.936. The van der Waals surface area contributed by atoms with E-state index in [0.717, 1.165) is 18.6 Å². The van der Waals surface area contributed by atoms with Crippen molar-refractivity contribution in [1.82, 2.24) is 10.2 Å². The van der Waals surface area contributed by atoms with E-state index in [1.807, 2.05) is 11.8 Å². The Balaban J connectivity index is 1.93. The van der Waals surface area contributed by atoms with Crippen LogP contribution in [0, 0.1) is 0 Å². The molecule has 0 bridgehead atoms. The van der Waals surface area contributed by atoms with Crippen LogP contribution in [0.15, 0.2) is 0 Å². The summed E-state index contributed by atoms with van der Waals surface area (Å²) in [5.74, 6) is 0.610. The van der Waals surface area contributed by atoms with Gasteiger partial charge in [-0.1, -0.05) is 12.8 Å². The zero-order chi connectivity index (χ0) is 13.8. The molecular weight excluding hydrogens is 264 g/mol. The van der Waals surface area contributed by atoms with Gasteiger partial charge in [0.25, 0.3) is 0 Å². The standard InChI is InChI=1S/C13H22N2O3S/c1-9(12(16)14-10-4-2-3-5-10)15-6-7-19-8-11(15)13(17)18/h9-11H,2-8H2,1H3,(H,14,16)(H,17,18). The Kier molecular flexibility index (Phi) is 5.10. The lowest BCUT2D eigenvalue weighted by Gasteiger charge is -2.36. The Morgan fingerprint density at radius 1 is 1.37 bits per heavy atom. The normalized spacial score (nSPS) is 27.1. The number of carboxylic acids is 1. The fraction of sp³-hybridized carbons (Fsp3) is 0.846. The van der Waals surface area contributed by atoms with E-state index in [1.54, 1.807) is 11.8 Å². The minimum Gasteiger partial charge on any atom is -0.480 e. The maximum atomic E-state index is 12.2. The van der Waals surface area contributed by atoms with Gasteiger partial charge in [-0.15, -0.1) is 0 Å². The minimum atomic E-state index is -0.826. The second-order valence-corrected chi connectivity index (χ2v) is 6.48. The van der Waals surface area contributed by atoms with Gasteiger partial charge in [-0.05, 0) is 19.8 Å². The van der Waals surface area contributed by atoms with E-state index in [-0.39, 0.29) is 18.0 Å². The molecule has 2 aliphatic rings. The molecule has 1 aliphatic heterocycles. The first kappa shape index (κ1) is 14.7. The van der Waals surface area contributed by atoms with Gasteiger partial charge in [-0.25, -0.2) is 0 Å². The number of amides is 1. The van der Waals surface area contributed by atoms with E-state index in [0.29, 0.717) is 12.3 Å². The van der Waals surface area contributed by atoms with Crippen molar-refractivity contribution >= 4 is 23.6 Å². The quantitative estimate of drug-likeness (QED) is 0.805. The molecule has 0 spiro atoms. The number of carbonyl (C=O) groups is 2. The summed E-state index contributed by atoms with van der Waals surface area (Å²) in [6.07, 6.45) is 4.46. The van der Waals surface area contributed by atoms with Gasteiger partial charge in [0.2, 0.25) is 5.91 Å². The van der Waals surface area contributed by atoms with Gasteiger partial charge in [0.1, 0.15) is 6.04 Å². The van der Waals surface area contributed by atoms with Crippen LogP contribution in [-0.4, -0.2) is 58.1 Å². The molecule has 1 amide bonds. The summed E-state index contributed by atoms with van der Waals surface area (Å²) < 4.78 is 0. The number of hydrogen-bond acceptors (Lipinski definition) is 4. The molecule has 19 heavy (non-hydrogen) atoms. The fourth-order valence-electron chi connectivity index (χ4n) is 2.84. The smallest absolute Gasteiger partial charge is 0.321 e. The number of aliphatic carboxylic acids is 1. The third-order valence-electron chi connectivity index (χ3n) is 4.03. The maximum absolute atomic E-state index is 12.2. The molecule has 1 aliphatic carbocycles. The molecule has 2 N–H and O–H groups in total. The van der Waals surface area contributed by atoms with E-state index in [4.69, 9.17) is 0 Å². The summed E-state index contributed by atoms with van der Waals surface area (Å²) in [6.45, 7) is 2.48. The SMILES string of the molecule is CC(C(=O)NC1CCCC1)N1CCSCC1C(=O)O.